The summed E-state index contributed by atoms with van der Waals surface area (Å²) in [4.78, 5) is 1.01. The fourth-order valence-corrected chi connectivity index (χ4v) is 2.33. The number of nitrogen functional groups attached to an aromatic ring is 1. The predicted octanol–water partition coefficient (Wildman–Crippen LogP) is 3.51. The third-order valence-electron chi connectivity index (χ3n) is 2.81. The highest BCUT2D eigenvalue weighted by Crippen LogP contribution is 2.30. The van der Waals surface area contributed by atoms with Crippen LogP contribution in [0.3, 0.4) is 0 Å². The van der Waals surface area contributed by atoms with E-state index in [0.29, 0.717) is 11.7 Å². The largest absolute Gasteiger partial charge is 0.490 e. The maximum atomic E-state index is 7.73. The summed E-state index contributed by atoms with van der Waals surface area (Å²) >= 11 is 1.68. The Morgan fingerprint density at radius 1 is 1.39 bits per heavy atom. The normalized spacial score (nSPS) is 12.5. The Balaban J connectivity index is 3.10. The van der Waals surface area contributed by atoms with Gasteiger partial charge in [0.2, 0.25) is 0 Å². The standard InChI is InChI=1S/C14H22N2OS/c1-5-18-12-8-6-7-11(13(12)14(15)16)17-10(4)9(2)3/h6-10H,5H2,1-4H3,(H3,15,16). The van der Waals surface area contributed by atoms with Gasteiger partial charge in [0.15, 0.2) is 0 Å². The maximum Gasteiger partial charge on any atom is 0.131 e. The zero-order chi connectivity index (χ0) is 13.7. The van der Waals surface area contributed by atoms with Crippen LogP contribution in [-0.2, 0) is 0 Å². The third-order valence-corrected chi connectivity index (χ3v) is 3.75. The van der Waals surface area contributed by atoms with Crippen LogP contribution < -0.4 is 10.5 Å². The molecule has 0 saturated carbocycles. The first kappa shape index (κ1) is 14.9. The van der Waals surface area contributed by atoms with Gasteiger partial charge in [-0.1, -0.05) is 26.8 Å². The Labute approximate surface area is 114 Å². The number of thioether (sulfide) groups is 1. The zero-order valence-electron chi connectivity index (χ0n) is 11.5. The first-order valence-electron chi connectivity index (χ1n) is 6.24. The van der Waals surface area contributed by atoms with Crippen molar-refractivity contribution in [1.29, 1.82) is 5.41 Å². The number of nitrogens with one attached hydrogen (secondary N) is 1. The molecular weight excluding hydrogens is 244 g/mol. The molecule has 3 nitrogen and oxygen atoms in total. The van der Waals surface area contributed by atoms with Crippen molar-refractivity contribution in [2.75, 3.05) is 5.75 Å². The van der Waals surface area contributed by atoms with Crippen molar-refractivity contribution in [3.63, 3.8) is 0 Å². The molecule has 1 aromatic rings. The van der Waals surface area contributed by atoms with E-state index >= 15 is 0 Å². The highest BCUT2D eigenvalue weighted by molar-refractivity contribution is 7.99. The number of hydrogen-bond acceptors (Lipinski definition) is 3. The van der Waals surface area contributed by atoms with Crippen molar-refractivity contribution in [2.45, 2.75) is 38.7 Å². The van der Waals surface area contributed by atoms with Gasteiger partial charge in [-0.05, 0) is 30.7 Å². The van der Waals surface area contributed by atoms with Gasteiger partial charge in [0, 0.05) is 4.90 Å². The van der Waals surface area contributed by atoms with E-state index in [1.54, 1.807) is 11.8 Å². The summed E-state index contributed by atoms with van der Waals surface area (Å²) in [5, 5.41) is 7.73. The number of rotatable bonds is 6. The second-order valence-corrected chi connectivity index (χ2v) is 5.85. The number of benzene rings is 1. The predicted molar refractivity (Wildman–Crippen MR) is 78.8 cm³/mol. The lowest BCUT2D eigenvalue weighted by atomic mass is 10.1. The molecule has 0 aliphatic carbocycles. The van der Waals surface area contributed by atoms with E-state index < -0.39 is 0 Å². The first-order chi connectivity index (χ1) is 8.47. The molecule has 1 unspecified atom stereocenters. The van der Waals surface area contributed by atoms with Crippen molar-refractivity contribution in [3.05, 3.63) is 23.8 Å². The molecule has 3 N–H and O–H groups in total. The third kappa shape index (κ3) is 3.67. The average molecular weight is 266 g/mol. The molecule has 0 aromatic heterocycles. The molecule has 0 aliphatic rings. The second kappa shape index (κ2) is 6.69. The SMILES string of the molecule is CCSc1cccc(OC(C)C(C)C)c1C(=N)N. The summed E-state index contributed by atoms with van der Waals surface area (Å²) in [5.41, 5.74) is 6.41. The van der Waals surface area contributed by atoms with Crippen molar-refractivity contribution < 1.29 is 4.74 Å². The highest BCUT2D eigenvalue weighted by Gasteiger charge is 2.16. The molecule has 0 aliphatic heterocycles. The van der Waals surface area contributed by atoms with Crippen LogP contribution in [0.5, 0.6) is 5.75 Å². The van der Waals surface area contributed by atoms with E-state index in [1.165, 1.54) is 0 Å². The maximum absolute atomic E-state index is 7.73. The minimum Gasteiger partial charge on any atom is -0.490 e. The van der Waals surface area contributed by atoms with E-state index in [9.17, 15) is 0 Å². The molecule has 0 amide bonds. The average Bonchev–Trinajstić information content (AvgIpc) is 2.29. The zero-order valence-corrected chi connectivity index (χ0v) is 12.3. The van der Waals surface area contributed by atoms with Crippen molar-refractivity contribution in [3.8, 4) is 5.75 Å². The molecule has 0 saturated heterocycles. The fraction of sp³-hybridized carbons (Fsp3) is 0.500. The first-order valence-corrected chi connectivity index (χ1v) is 7.22. The topological polar surface area (TPSA) is 59.1 Å². The van der Waals surface area contributed by atoms with Crippen molar-refractivity contribution in [2.24, 2.45) is 11.7 Å². The molecule has 18 heavy (non-hydrogen) atoms. The van der Waals surface area contributed by atoms with Gasteiger partial charge in [-0.2, -0.15) is 0 Å². The lowest BCUT2D eigenvalue weighted by molar-refractivity contribution is 0.170. The van der Waals surface area contributed by atoms with Crippen LogP contribution in [0.2, 0.25) is 0 Å². The van der Waals surface area contributed by atoms with Crippen LogP contribution in [-0.4, -0.2) is 17.7 Å². The Hall–Kier alpha value is -1.16. The van der Waals surface area contributed by atoms with Crippen LogP contribution in [0.25, 0.3) is 0 Å². The Bertz CT molecular complexity index is 418. The van der Waals surface area contributed by atoms with Gasteiger partial charge in [0.1, 0.15) is 11.6 Å². The molecule has 1 atom stereocenters. The molecule has 1 aromatic carbocycles. The molecule has 4 heteroatoms. The van der Waals surface area contributed by atoms with Gasteiger partial charge in [-0.25, -0.2) is 0 Å². The molecule has 1 rings (SSSR count). The van der Waals surface area contributed by atoms with Gasteiger partial charge < -0.3 is 10.5 Å². The number of amidine groups is 1. The summed E-state index contributed by atoms with van der Waals surface area (Å²) in [5.74, 6) is 2.15. The lowest BCUT2D eigenvalue weighted by Gasteiger charge is -2.21. The highest BCUT2D eigenvalue weighted by atomic mass is 32.2. The summed E-state index contributed by atoms with van der Waals surface area (Å²) in [7, 11) is 0. The molecule has 0 radical (unpaired) electrons. The summed E-state index contributed by atoms with van der Waals surface area (Å²) in [6.07, 6.45) is 0.102. The summed E-state index contributed by atoms with van der Waals surface area (Å²) in [6.45, 7) is 8.35. The second-order valence-electron chi connectivity index (χ2n) is 4.54. The van der Waals surface area contributed by atoms with Crippen LogP contribution >= 0.6 is 11.8 Å². The smallest absolute Gasteiger partial charge is 0.131 e. The Morgan fingerprint density at radius 3 is 2.56 bits per heavy atom. The van der Waals surface area contributed by atoms with Crippen LogP contribution in [0.15, 0.2) is 23.1 Å². The van der Waals surface area contributed by atoms with Crippen LogP contribution in [0, 0.1) is 11.3 Å². The molecule has 0 heterocycles. The quantitative estimate of drug-likeness (QED) is 0.470. The van der Waals surface area contributed by atoms with Crippen LogP contribution in [0.4, 0.5) is 0 Å². The van der Waals surface area contributed by atoms with Crippen LogP contribution in [0.1, 0.15) is 33.3 Å². The molecule has 0 fully saturated rings. The Morgan fingerprint density at radius 2 is 2.06 bits per heavy atom. The summed E-state index contributed by atoms with van der Waals surface area (Å²) < 4.78 is 5.92. The van der Waals surface area contributed by atoms with Gasteiger partial charge in [-0.3, -0.25) is 5.41 Å². The Kier molecular flexibility index (Phi) is 5.54. The minimum absolute atomic E-state index is 0.0671. The van der Waals surface area contributed by atoms with E-state index in [2.05, 4.69) is 20.8 Å². The fourth-order valence-electron chi connectivity index (χ4n) is 1.49. The van der Waals surface area contributed by atoms with E-state index in [1.807, 2.05) is 25.1 Å². The van der Waals surface area contributed by atoms with Gasteiger partial charge >= 0.3 is 0 Å². The molecule has 0 bridgehead atoms. The summed E-state index contributed by atoms with van der Waals surface area (Å²) in [6, 6.07) is 5.82. The molecule has 100 valence electrons. The number of ether oxygens (including phenoxy) is 1. The lowest BCUT2D eigenvalue weighted by Crippen LogP contribution is -2.22. The number of hydrogen-bond donors (Lipinski definition) is 2. The molecular formula is C14H22N2OS. The van der Waals surface area contributed by atoms with Crippen molar-refractivity contribution >= 4 is 17.6 Å². The monoisotopic (exact) mass is 266 g/mol. The van der Waals surface area contributed by atoms with Crippen molar-refractivity contribution in [1.82, 2.24) is 0 Å². The van der Waals surface area contributed by atoms with Gasteiger partial charge in [0.25, 0.3) is 0 Å². The van der Waals surface area contributed by atoms with E-state index in [-0.39, 0.29) is 11.9 Å². The molecule has 0 spiro atoms. The minimum atomic E-state index is 0.0671. The van der Waals surface area contributed by atoms with E-state index in [0.717, 1.165) is 16.2 Å². The van der Waals surface area contributed by atoms with E-state index in [4.69, 9.17) is 15.9 Å². The van der Waals surface area contributed by atoms with Gasteiger partial charge in [-0.15, -0.1) is 11.8 Å². The number of nitrogens with two attached hydrogens (primary N) is 1. The van der Waals surface area contributed by atoms with Gasteiger partial charge in [0.05, 0.1) is 11.7 Å².